The Balaban J connectivity index is 1.93. The molecule has 1 amide bonds. The first-order chi connectivity index (χ1) is 8.87. The van der Waals surface area contributed by atoms with Gasteiger partial charge in [-0.25, -0.2) is 8.42 Å². The van der Waals surface area contributed by atoms with Crippen molar-refractivity contribution in [1.82, 2.24) is 5.32 Å². The van der Waals surface area contributed by atoms with Gasteiger partial charge in [-0.3, -0.25) is 4.79 Å². The van der Waals surface area contributed by atoms with Gasteiger partial charge in [0, 0.05) is 16.6 Å². The van der Waals surface area contributed by atoms with Crippen molar-refractivity contribution in [2.45, 2.75) is 13.3 Å². The van der Waals surface area contributed by atoms with E-state index >= 15 is 0 Å². The van der Waals surface area contributed by atoms with Crippen LogP contribution in [0.3, 0.4) is 0 Å². The summed E-state index contributed by atoms with van der Waals surface area (Å²) >= 11 is 3.39. The van der Waals surface area contributed by atoms with E-state index in [1.54, 1.807) is 12.1 Å². The summed E-state index contributed by atoms with van der Waals surface area (Å²) in [6.45, 7) is 2.37. The van der Waals surface area contributed by atoms with Crippen molar-refractivity contribution >= 4 is 31.7 Å². The zero-order valence-corrected chi connectivity index (χ0v) is 13.1. The molecule has 19 heavy (non-hydrogen) atoms. The number of aryl methyl sites for hydroxylation is 1. The van der Waals surface area contributed by atoms with Crippen LogP contribution in [0.25, 0.3) is 0 Å². The Morgan fingerprint density at radius 1 is 1.47 bits per heavy atom. The Morgan fingerprint density at radius 2 is 2.21 bits per heavy atom. The minimum Gasteiger partial charge on any atom is -0.352 e. The van der Waals surface area contributed by atoms with E-state index in [0.29, 0.717) is 18.5 Å². The van der Waals surface area contributed by atoms with E-state index in [9.17, 15) is 13.2 Å². The molecule has 4 nitrogen and oxygen atoms in total. The number of carbonyl (C=O) groups excluding carboxylic acids is 1. The van der Waals surface area contributed by atoms with Gasteiger partial charge in [0.2, 0.25) is 0 Å². The number of carbonyl (C=O) groups is 1. The average Bonchev–Trinajstić information content (AvgIpc) is 2.69. The Bertz CT molecular complexity index is 598. The first kappa shape index (κ1) is 14.5. The Labute approximate surface area is 121 Å². The van der Waals surface area contributed by atoms with E-state index in [-0.39, 0.29) is 23.3 Å². The van der Waals surface area contributed by atoms with Crippen LogP contribution in [0.5, 0.6) is 0 Å². The summed E-state index contributed by atoms with van der Waals surface area (Å²) in [6.07, 6.45) is 0.639. The van der Waals surface area contributed by atoms with Crippen LogP contribution in [0.1, 0.15) is 22.3 Å². The molecule has 1 aliphatic heterocycles. The van der Waals surface area contributed by atoms with Gasteiger partial charge in [0.15, 0.2) is 9.84 Å². The quantitative estimate of drug-likeness (QED) is 0.910. The molecule has 0 aromatic heterocycles. The predicted molar refractivity (Wildman–Crippen MR) is 78.0 cm³/mol. The van der Waals surface area contributed by atoms with Crippen molar-refractivity contribution in [3.05, 3.63) is 33.8 Å². The smallest absolute Gasteiger partial charge is 0.251 e. The molecule has 0 bridgehead atoms. The fourth-order valence-corrected chi connectivity index (χ4v) is 4.35. The number of benzene rings is 1. The van der Waals surface area contributed by atoms with Crippen LogP contribution in [0, 0.1) is 12.8 Å². The van der Waals surface area contributed by atoms with Gasteiger partial charge in [0.1, 0.15) is 0 Å². The van der Waals surface area contributed by atoms with Crippen molar-refractivity contribution < 1.29 is 13.2 Å². The van der Waals surface area contributed by atoms with Gasteiger partial charge in [0.05, 0.1) is 11.5 Å². The molecule has 1 saturated heterocycles. The lowest BCUT2D eigenvalue weighted by atomic mass is 10.1. The summed E-state index contributed by atoms with van der Waals surface area (Å²) in [5.41, 5.74) is 1.65. The maximum Gasteiger partial charge on any atom is 0.251 e. The highest BCUT2D eigenvalue weighted by Crippen LogP contribution is 2.19. The number of halogens is 1. The lowest BCUT2D eigenvalue weighted by molar-refractivity contribution is 0.0948. The third-order valence-corrected chi connectivity index (χ3v) is 6.00. The second-order valence-corrected chi connectivity index (χ2v) is 8.03. The highest BCUT2D eigenvalue weighted by atomic mass is 79.9. The third-order valence-electron chi connectivity index (χ3n) is 3.31. The van der Waals surface area contributed by atoms with E-state index in [2.05, 4.69) is 21.2 Å². The predicted octanol–water partition coefficient (Wildman–Crippen LogP) is 1.92. The molecule has 1 unspecified atom stereocenters. The average molecular weight is 346 g/mol. The summed E-state index contributed by atoms with van der Waals surface area (Å²) in [7, 11) is -2.88. The monoisotopic (exact) mass is 345 g/mol. The standard InChI is InChI=1S/C13H16BrNO3S/c1-9-2-3-11(6-12(9)14)13(16)15-7-10-4-5-19(17,18)8-10/h2-3,6,10H,4-5,7-8H2,1H3,(H,15,16). The molecule has 0 aliphatic carbocycles. The summed E-state index contributed by atoms with van der Waals surface area (Å²) in [6, 6.07) is 5.41. The maximum absolute atomic E-state index is 11.9. The second kappa shape index (κ2) is 5.63. The van der Waals surface area contributed by atoms with Crippen molar-refractivity contribution in [3.8, 4) is 0 Å². The minimum atomic E-state index is -2.88. The lowest BCUT2D eigenvalue weighted by Gasteiger charge is -2.10. The van der Waals surface area contributed by atoms with Crippen molar-refractivity contribution in [2.24, 2.45) is 5.92 Å². The van der Waals surface area contributed by atoms with Gasteiger partial charge in [-0.05, 0) is 37.0 Å². The molecule has 1 heterocycles. The molecule has 1 aliphatic rings. The molecule has 104 valence electrons. The normalized spacial score (nSPS) is 21.3. The van der Waals surface area contributed by atoms with Crippen LogP contribution in [0.4, 0.5) is 0 Å². The number of rotatable bonds is 3. The molecule has 1 N–H and O–H groups in total. The Kier molecular flexibility index (Phi) is 4.30. The van der Waals surface area contributed by atoms with Crippen molar-refractivity contribution in [3.63, 3.8) is 0 Å². The maximum atomic E-state index is 11.9. The van der Waals surface area contributed by atoms with E-state index in [4.69, 9.17) is 0 Å². The first-order valence-electron chi connectivity index (χ1n) is 6.12. The number of hydrogen-bond acceptors (Lipinski definition) is 3. The fraction of sp³-hybridized carbons (Fsp3) is 0.462. The largest absolute Gasteiger partial charge is 0.352 e. The molecule has 1 atom stereocenters. The van der Waals surface area contributed by atoms with Crippen LogP contribution in [-0.4, -0.2) is 32.4 Å². The van der Waals surface area contributed by atoms with Crippen LogP contribution in [0.2, 0.25) is 0 Å². The van der Waals surface area contributed by atoms with Crippen LogP contribution in [0.15, 0.2) is 22.7 Å². The highest BCUT2D eigenvalue weighted by Gasteiger charge is 2.27. The zero-order valence-electron chi connectivity index (χ0n) is 10.6. The van der Waals surface area contributed by atoms with Gasteiger partial charge in [-0.2, -0.15) is 0 Å². The SMILES string of the molecule is Cc1ccc(C(=O)NCC2CCS(=O)(=O)C2)cc1Br. The van der Waals surface area contributed by atoms with Gasteiger partial charge < -0.3 is 5.32 Å². The van der Waals surface area contributed by atoms with Crippen molar-refractivity contribution in [1.29, 1.82) is 0 Å². The van der Waals surface area contributed by atoms with E-state index in [0.717, 1.165) is 10.0 Å². The number of hydrogen-bond donors (Lipinski definition) is 1. The van der Waals surface area contributed by atoms with Crippen molar-refractivity contribution in [2.75, 3.05) is 18.1 Å². The van der Waals surface area contributed by atoms with Gasteiger partial charge in [-0.15, -0.1) is 0 Å². The molecule has 0 spiro atoms. The lowest BCUT2D eigenvalue weighted by Crippen LogP contribution is -2.29. The molecule has 0 radical (unpaired) electrons. The van der Waals surface area contributed by atoms with Crippen LogP contribution < -0.4 is 5.32 Å². The second-order valence-electron chi connectivity index (χ2n) is 4.94. The van der Waals surface area contributed by atoms with E-state index in [1.165, 1.54) is 0 Å². The first-order valence-corrected chi connectivity index (χ1v) is 8.73. The molecular formula is C13H16BrNO3S. The molecule has 1 fully saturated rings. The van der Waals surface area contributed by atoms with Gasteiger partial charge >= 0.3 is 0 Å². The molecule has 1 aromatic rings. The molecular weight excluding hydrogens is 330 g/mol. The molecule has 6 heteroatoms. The van der Waals surface area contributed by atoms with E-state index in [1.807, 2.05) is 13.0 Å². The third kappa shape index (κ3) is 3.79. The van der Waals surface area contributed by atoms with E-state index < -0.39 is 9.84 Å². The summed E-state index contributed by atoms with van der Waals surface area (Å²) in [5, 5.41) is 2.80. The number of amides is 1. The number of nitrogens with one attached hydrogen (secondary N) is 1. The molecule has 2 rings (SSSR count). The number of sulfone groups is 1. The van der Waals surface area contributed by atoms with Crippen LogP contribution in [-0.2, 0) is 9.84 Å². The fourth-order valence-electron chi connectivity index (χ4n) is 2.11. The van der Waals surface area contributed by atoms with Crippen LogP contribution >= 0.6 is 15.9 Å². The summed E-state index contributed by atoms with van der Waals surface area (Å²) in [5.74, 6) is 0.307. The zero-order chi connectivity index (χ0) is 14.0. The topological polar surface area (TPSA) is 63.2 Å². The molecule has 0 saturated carbocycles. The Morgan fingerprint density at radius 3 is 2.79 bits per heavy atom. The highest BCUT2D eigenvalue weighted by molar-refractivity contribution is 9.10. The summed E-state index contributed by atoms with van der Waals surface area (Å²) in [4.78, 5) is 11.9. The molecule has 1 aromatic carbocycles. The Hall–Kier alpha value is -0.880. The van der Waals surface area contributed by atoms with Gasteiger partial charge in [0.25, 0.3) is 5.91 Å². The summed E-state index contributed by atoms with van der Waals surface area (Å²) < 4.78 is 23.5. The minimum absolute atomic E-state index is 0.0443. The van der Waals surface area contributed by atoms with Gasteiger partial charge in [-0.1, -0.05) is 22.0 Å².